The maximum Gasteiger partial charge on any atom is 0.109 e. The van der Waals surface area contributed by atoms with Crippen LogP contribution in [0.3, 0.4) is 0 Å². The Bertz CT molecular complexity index is 698. The summed E-state index contributed by atoms with van der Waals surface area (Å²) in [5, 5.41) is 11.6. The first-order valence-electron chi connectivity index (χ1n) is 9.66. The maximum absolute atomic E-state index is 11.6. The molecule has 1 aromatic carbocycles. The summed E-state index contributed by atoms with van der Waals surface area (Å²) in [6, 6.07) is 10.8. The van der Waals surface area contributed by atoms with Gasteiger partial charge in [0.15, 0.2) is 0 Å². The zero-order valence-electron chi connectivity index (χ0n) is 15.1. The highest BCUT2D eigenvalue weighted by atomic mass is 16.3. The van der Waals surface area contributed by atoms with Gasteiger partial charge in [-0.15, -0.1) is 0 Å². The van der Waals surface area contributed by atoms with Crippen molar-refractivity contribution < 1.29 is 5.11 Å². The maximum atomic E-state index is 11.6. The van der Waals surface area contributed by atoms with Crippen molar-refractivity contribution in [2.75, 3.05) is 13.1 Å². The zero-order valence-corrected chi connectivity index (χ0v) is 15.1. The van der Waals surface area contributed by atoms with E-state index in [-0.39, 0.29) is 0 Å². The molecule has 0 bridgehead atoms. The average molecular weight is 339 g/mol. The van der Waals surface area contributed by atoms with Crippen LogP contribution in [0.4, 0.5) is 0 Å². The molecular weight excluding hydrogens is 310 g/mol. The van der Waals surface area contributed by atoms with Crippen LogP contribution in [0.2, 0.25) is 0 Å². The molecule has 2 fully saturated rings. The van der Waals surface area contributed by atoms with E-state index >= 15 is 0 Å². The predicted molar refractivity (Wildman–Crippen MR) is 99.2 cm³/mol. The highest BCUT2D eigenvalue weighted by molar-refractivity contribution is 5.25. The van der Waals surface area contributed by atoms with Gasteiger partial charge in [0.1, 0.15) is 5.82 Å². The second-order valence-electron chi connectivity index (χ2n) is 7.74. The number of benzene rings is 1. The molecule has 134 valence electrons. The van der Waals surface area contributed by atoms with Gasteiger partial charge in [-0.3, -0.25) is 4.90 Å². The van der Waals surface area contributed by atoms with E-state index in [1.807, 2.05) is 18.5 Å². The molecule has 2 aliphatic rings. The fraction of sp³-hybridized carbons (Fsp3) is 0.571. The number of hydrogen-bond donors (Lipinski definition) is 1. The highest BCUT2D eigenvalue weighted by Crippen LogP contribution is 2.46. The third-order valence-corrected chi connectivity index (χ3v) is 6.41. The first kappa shape index (κ1) is 16.8. The Balaban J connectivity index is 1.53. The van der Waals surface area contributed by atoms with E-state index in [0.717, 1.165) is 43.7 Å². The van der Waals surface area contributed by atoms with Gasteiger partial charge in [-0.25, -0.2) is 4.98 Å². The van der Waals surface area contributed by atoms with Crippen LogP contribution in [0.25, 0.3) is 0 Å². The van der Waals surface area contributed by atoms with Gasteiger partial charge in [-0.2, -0.15) is 0 Å². The van der Waals surface area contributed by atoms with Crippen LogP contribution in [0.15, 0.2) is 42.7 Å². The van der Waals surface area contributed by atoms with Crippen LogP contribution >= 0.6 is 0 Å². The Hall–Kier alpha value is -1.65. The van der Waals surface area contributed by atoms with E-state index in [0.29, 0.717) is 12.0 Å². The van der Waals surface area contributed by atoms with Crippen molar-refractivity contribution in [2.45, 2.75) is 50.2 Å². The minimum absolute atomic E-state index is 0.346. The lowest BCUT2D eigenvalue weighted by molar-refractivity contribution is -0.120. The fourth-order valence-corrected chi connectivity index (χ4v) is 5.01. The Morgan fingerprint density at radius 1 is 1.20 bits per heavy atom. The van der Waals surface area contributed by atoms with Crippen LogP contribution in [-0.2, 0) is 19.1 Å². The summed E-state index contributed by atoms with van der Waals surface area (Å²) < 4.78 is 2.11. The van der Waals surface area contributed by atoms with Crippen molar-refractivity contribution in [1.29, 1.82) is 0 Å². The summed E-state index contributed by atoms with van der Waals surface area (Å²) in [7, 11) is 2.07. The molecule has 4 heteroatoms. The molecule has 4 rings (SSSR count). The van der Waals surface area contributed by atoms with Crippen molar-refractivity contribution >= 4 is 0 Å². The Morgan fingerprint density at radius 3 is 2.76 bits per heavy atom. The summed E-state index contributed by atoms with van der Waals surface area (Å²) in [5.41, 5.74) is 0.446. The van der Waals surface area contributed by atoms with E-state index in [4.69, 9.17) is 0 Å². The monoisotopic (exact) mass is 339 g/mol. The molecular formula is C21H29N3O. The Labute approximate surface area is 150 Å². The highest BCUT2D eigenvalue weighted by Gasteiger charge is 2.48. The summed E-state index contributed by atoms with van der Waals surface area (Å²) in [6.45, 7) is 2.01. The van der Waals surface area contributed by atoms with Crippen LogP contribution in [-0.4, -0.2) is 38.7 Å². The Kier molecular flexibility index (Phi) is 4.65. The van der Waals surface area contributed by atoms with Crippen molar-refractivity contribution in [3.8, 4) is 0 Å². The zero-order chi connectivity index (χ0) is 17.3. The third kappa shape index (κ3) is 3.13. The molecule has 0 amide bonds. The quantitative estimate of drug-likeness (QED) is 0.930. The van der Waals surface area contributed by atoms with Gasteiger partial charge in [0.05, 0.1) is 5.60 Å². The third-order valence-electron chi connectivity index (χ3n) is 6.41. The van der Waals surface area contributed by atoms with Gasteiger partial charge in [0.2, 0.25) is 0 Å². The molecule has 0 unspecified atom stereocenters. The number of hydrogen-bond acceptors (Lipinski definition) is 3. The van der Waals surface area contributed by atoms with Crippen LogP contribution in [0.1, 0.15) is 43.5 Å². The first-order chi connectivity index (χ1) is 12.2. The molecule has 3 atom stereocenters. The van der Waals surface area contributed by atoms with E-state index in [2.05, 4.69) is 45.8 Å². The number of piperidine rings is 1. The average Bonchev–Trinajstić information content (AvgIpc) is 3.07. The number of nitrogens with zero attached hydrogens (tertiary/aromatic N) is 3. The van der Waals surface area contributed by atoms with E-state index in [1.54, 1.807) is 0 Å². The number of imidazole rings is 1. The second kappa shape index (κ2) is 6.93. The lowest BCUT2D eigenvalue weighted by Crippen LogP contribution is -2.57. The van der Waals surface area contributed by atoms with E-state index < -0.39 is 5.60 Å². The van der Waals surface area contributed by atoms with Crippen molar-refractivity contribution in [2.24, 2.45) is 13.0 Å². The molecule has 1 saturated heterocycles. The van der Waals surface area contributed by atoms with Gasteiger partial charge in [-0.05, 0) is 24.8 Å². The van der Waals surface area contributed by atoms with Crippen LogP contribution in [0, 0.1) is 5.92 Å². The molecule has 2 heterocycles. The number of aliphatic hydroxyl groups is 1. The molecule has 0 radical (unpaired) electrons. The first-order valence-corrected chi connectivity index (χ1v) is 9.66. The predicted octanol–water partition coefficient (Wildman–Crippen LogP) is 3.11. The molecule has 4 nitrogen and oxygen atoms in total. The number of aromatic nitrogens is 2. The smallest absolute Gasteiger partial charge is 0.109 e. The fourth-order valence-electron chi connectivity index (χ4n) is 5.01. The standard InChI is InChI=1S/C21H29N3O/c1-23-16-13-22-20(23)11-14-24-15-12-21(25,17-7-3-2-4-8-17)18-9-5-6-10-19(18)24/h2-4,7-8,13,16,18-19,25H,5-6,9-12,14-15H2,1H3/t18-,19+,21+/m0/s1. The molecule has 1 aromatic heterocycles. The van der Waals surface area contributed by atoms with Gasteiger partial charge in [0.25, 0.3) is 0 Å². The van der Waals surface area contributed by atoms with Gasteiger partial charge >= 0.3 is 0 Å². The molecule has 0 spiro atoms. The van der Waals surface area contributed by atoms with Crippen molar-refractivity contribution in [3.05, 3.63) is 54.1 Å². The Morgan fingerprint density at radius 2 is 2.00 bits per heavy atom. The van der Waals surface area contributed by atoms with Gasteiger partial charge in [-0.1, -0.05) is 43.2 Å². The summed E-state index contributed by atoms with van der Waals surface area (Å²) in [4.78, 5) is 7.09. The van der Waals surface area contributed by atoms with Crippen LogP contribution < -0.4 is 0 Å². The number of aryl methyl sites for hydroxylation is 1. The molecule has 1 N–H and O–H groups in total. The normalized spacial score (nSPS) is 30.2. The van der Waals surface area contributed by atoms with E-state index in [9.17, 15) is 5.11 Å². The van der Waals surface area contributed by atoms with Crippen LogP contribution in [0.5, 0.6) is 0 Å². The van der Waals surface area contributed by atoms with E-state index in [1.165, 1.54) is 19.3 Å². The topological polar surface area (TPSA) is 41.3 Å². The number of rotatable bonds is 4. The summed E-state index contributed by atoms with van der Waals surface area (Å²) in [6.07, 6.45) is 10.6. The largest absolute Gasteiger partial charge is 0.385 e. The molecule has 1 aliphatic carbocycles. The van der Waals surface area contributed by atoms with Gasteiger partial charge in [0, 0.05) is 50.9 Å². The molecule has 2 aromatic rings. The molecule has 1 aliphatic heterocycles. The molecule has 1 saturated carbocycles. The molecule has 25 heavy (non-hydrogen) atoms. The van der Waals surface area contributed by atoms with Gasteiger partial charge < -0.3 is 9.67 Å². The lowest BCUT2D eigenvalue weighted by Gasteiger charge is -2.52. The summed E-state index contributed by atoms with van der Waals surface area (Å²) in [5.74, 6) is 1.50. The number of likely N-dealkylation sites (tertiary alicyclic amines) is 1. The van der Waals surface area contributed by atoms with Crippen molar-refractivity contribution in [3.63, 3.8) is 0 Å². The minimum Gasteiger partial charge on any atom is -0.385 e. The minimum atomic E-state index is -0.661. The number of fused-ring (bicyclic) bond motifs is 1. The lowest BCUT2D eigenvalue weighted by atomic mass is 9.66. The SMILES string of the molecule is Cn1ccnc1CCN1CC[C@@](O)(c2ccccc2)[C@H]2CCCC[C@H]21. The van der Waals surface area contributed by atoms with Crippen molar-refractivity contribution in [1.82, 2.24) is 14.5 Å². The summed E-state index contributed by atoms with van der Waals surface area (Å²) >= 11 is 0. The second-order valence-corrected chi connectivity index (χ2v) is 7.74.